The number of aromatic nitrogens is 2. The molecule has 1 heterocycles. The van der Waals surface area contributed by atoms with Crippen molar-refractivity contribution in [2.45, 2.75) is 20.8 Å². The first kappa shape index (κ1) is 12.7. The Hall–Kier alpha value is -1.35. The van der Waals surface area contributed by atoms with Gasteiger partial charge in [-0.2, -0.15) is 0 Å². The summed E-state index contributed by atoms with van der Waals surface area (Å²) in [7, 11) is 0. The number of nitrogens with one attached hydrogen (secondary N) is 1. The second kappa shape index (κ2) is 4.26. The van der Waals surface area contributed by atoms with Gasteiger partial charge in [-0.25, -0.2) is 4.98 Å². The third kappa shape index (κ3) is 2.25. The smallest absolute Gasteiger partial charge is 0.168 e. The van der Waals surface area contributed by atoms with Gasteiger partial charge in [0.25, 0.3) is 0 Å². The van der Waals surface area contributed by atoms with Gasteiger partial charge in [0.1, 0.15) is 0 Å². The fraction of sp³-hybridized carbons (Fsp3) is 0.333. The molecule has 0 aliphatic heterocycles. The molecule has 0 atom stereocenters. The van der Waals surface area contributed by atoms with Crippen LogP contribution >= 0.6 is 12.4 Å². The number of imidazole rings is 1. The predicted octanol–water partition coefficient (Wildman–Crippen LogP) is 3.21. The number of rotatable bonds is 1. The Morgan fingerprint density at radius 1 is 1.31 bits per heavy atom. The molecule has 1 aromatic heterocycles. The Balaban J connectivity index is 0.00000128. The molecule has 0 saturated heterocycles. The Kier molecular flexibility index (Phi) is 3.38. The number of hydrogen-bond acceptors (Lipinski definition) is 2. The highest BCUT2D eigenvalue weighted by Crippen LogP contribution is 2.22. The van der Waals surface area contributed by atoms with Gasteiger partial charge in [-0.1, -0.05) is 20.8 Å². The van der Waals surface area contributed by atoms with Crippen LogP contribution in [0.5, 0.6) is 0 Å². The first-order valence-electron chi connectivity index (χ1n) is 4.96. The van der Waals surface area contributed by atoms with E-state index in [-0.39, 0.29) is 23.6 Å². The minimum absolute atomic E-state index is 0. The number of halogens is 1. The molecule has 0 bridgehead atoms. The van der Waals surface area contributed by atoms with Crippen molar-refractivity contribution in [3.63, 3.8) is 0 Å². The van der Waals surface area contributed by atoms with Gasteiger partial charge in [0.2, 0.25) is 0 Å². The molecule has 2 aromatic rings. The molecule has 0 spiro atoms. The van der Waals surface area contributed by atoms with Crippen LogP contribution in [0, 0.1) is 5.41 Å². The van der Waals surface area contributed by atoms with Crippen molar-refractivity contribution in [2.75, 3.05) is 0 Å². The van der Waals surface area contributed by atoms with Gasteiger partial charge in [-0.05, 0) is 18.2 Å². The summed E-state index contributed by atoms with van der Waals surface area (Å²) >= 11 is 0. The van der Waals surface area contributed by atoms with Crippen LogP contribution in [-0.4, -0.2) is 15.8 Å². The van der Waals surface area contributed by atoms with Crippen molar-refractivity contribution in [1.82, 2.24) is 9.97 Å². The van der Waals surface area contributed by atoms with E-state index in [0.29, 0.717) is 0 Å². The van der Waals surface area contributed by atoms with E-state index in [4.69, 9.17) is 0 Å². The lowest BCUT2D eigenvalue weighted by Crippen LogP contribution is -2.19. The molecule has 0 saturated carbocycles. The Morgan fingerprint density at radius 3 is 2.62 bits per heavy atom. The maximum absolute atomic E-state index is 12.0. The fourth-order valence-electron chi connectivity index (χ4n) is 1.51. The van der Waals surface area contributed by atoms with Gasteiger partial charge >= 0.3 is 0 Å². The zero-order valence-electron chi connectivity index (χ0n) is 9.57. The van der Waals surface area contributed by atoms with Gasteiger partial charge in [0.15, 0.2) is 5.78 Å². The molecule has 3 nitrogen and oxygen atoms in total. The number of H-pyrrole nitrogens is 1. The average molecular weight is 239 g/mol. The Morgan fingerprint density at radius 2 is 2.00 bits per heavy atom. The van der Waals surface area contributed by atoms with E-state index in [9.17, 15) is 4.79 Å². The summed E-state index contributed by atoms with van der Waals surface area (Å²) < 4.78 is 0. The molecule has 1 N–H and O–H groups in total. The summed E-state index contributed by atoms with van der Waals surface area (Å²) in [6.45, 7) is 5.77. The van der Waals surface area contributed by atoms with E-state index in [2.05, 4.69) is 9.97 Å². The molecular weight excluding hydrogens is 224 g/mol. The third-order valence-electron chi connectivity index (χ3n) is 2.36. The molecule has 0 amide bonds. The first-order valence-corrected chi connectivity index (χ1v) is 4.96. The highest BCUT2D eigenvalue weighted by atomic mass is 35.5. The van der Waals surface area contributed by atoms with Crippen molar-refractivity contribution in [2.24, 2.45) is 5.41 Å². The zero-order valence-corrected chi connectivity index (χ0v) is 10.4. The van der Waals surface area contributed by atoms with Gasteiger partial charge in [0, 0.05) is 11.0 Å². The normalized spacial score (nSPS) is 11.2. The minimum Gasteiger partial charge on any atom is -0.345 e. The summed E-state index contributed by atoms with van der Waals surface area (Å²) in [4.78, 5) is 19.1. The largest absolute Gasteiger partial charge is 0.345 e. The van der Waals surface area contributed by atoms with Gasteiger partial charge in [-0.15, -0.1) is 12.4 Å². The summed E-state index contributed by atoms with van der Waals surface area (Å²) in [5.74, 6) is 0.152. The number of carbonyl (C=O) groups excluding carboxylic acids is 1. The second-order valence-corrected chi connectivity index (χ2v) is 4.71. The van der Waals surface area contributed by atoms with Crippen molar-refractivity contribution >= 4 is 29.2 Å². The molecule has 86 valence electrons. The van der Waals surface area contributed by atoms with E-state index < -0.39 is 0 Å². The third-order valence-corrected chi connectivity index (χ3v) is 2.36. The molecule has 0 radical (unpaired) electrons. The predicted molar refractivity (Wildman–Crippen MR) is 67.1 cm³/mol. The van der Waals surface area contributed by atoms with Gasteiger partial charge in [-0.3, -0.25) is 4.79 Å². The number of benzene rings is 1. The standard InChI is InChI=1S/C12H14N2O.ClH/c1-12(2,3)11(15)8-4-5-9-10(6-8)14-7-13-9;/h4-7H,1-3H3,(H,13,14);1H. The van der Waals surface area contributed by atoms with E-state index in [0.717, 1.165) is 16.6 Å². The van der Waals surface area contributed by atoms with Crippen LogP contribution in [0.3, 0.4) is 0 Å². The minimum atomic E-state index is -0.340. The van der Waals surface area contributed by atoms with Crippen molar-refractivity contribution in [3.05, 3.63) is 30.1 Å². The number of ketones is 1. The van der Waals surface area contributed by atoms with E-state index >= 15 is 0 Å². The Labute approximate surface area is 101 Å². The lowest BCUT2D eigenvalue weighted by atomic mass is 9.86. The molecule has 16 heavy (non-hydrogen) atoms. The molecule has 2 rings (SSSR count). The number of fused-ring (bicyclic) bond motifs is 1. The first-order chi connectivity index (χ1) is 6.98. The highest BCUT2D eigenvalue weighted by Gasteiger charge is 2.22. The van der Waals surface area contributed by atoms with Crippen LogP contribution in [0.15, 0.2) is 24.5 Å². The van der Waals surface area contributed by atoms with Crippen LogP contribution in [0.2, 0.25) is 0 Å². The van der Waals surface area contributed by atoms with Crippen molar-refractivity contribution < 1.29 is 4.79 Å². The molecular formula is C12H15ClN2O. The molecule has 0 unspecified atom stereocenters. The number of carbonyl (C=O) groups is 1. The van der Waals surface area contributed by atoms with Crippen LogP contribution in [0.4, 0.5) is 0 Å². The van der Waals surface area contributed by atoms with Crippen molar-refractivity contribution in [1.29, 1.82) is 0 Å². The van der Waals surface area contributed by atoms with Gasteiger partial charge < -0.3 is 4.98 Å². The van der Waals surface area contributed by atoms with E-state index in [1.54, 1.807) is 6.33 Å². The molecule has 0 aliphatic rings. The molecule has 1 aromatic carbocycles. The van der Waals surface area contributed by atoms with Crippen LogP contribution < -0.4 is 0 Å². The maximum atomic E-state index is 12.0. The zero-order chi connectivity index (χ0) is 11.1. The number of nitrogens with zero attached hydrogens (tertiary/aromatic N) is 1. The van der Waals surface area contributed by atoms with Crippen LogP contribution in [0.1, 0.15) is 31.1 Å². The van der Waals surface area contributed by atoms with Gasteiger partial charge in [0.05, 0.1) is 17.4 Å². The molecule has 4 heteroatoms. The summed E-state index contributed by atoms with van der Waals surface area (Å²) in [5, 5.41) is 0. The Bertz CT molecular complexity index is 511. The number of Topliss-reactive ketones (excluding diaryl/α,β-unsaturated/α-hetero) is 1. The van der Waals surface area contributed by atoms with Crippen LogP contribution in [-0.2, 0) is 0 Å². The summed E-state index contributed by atoms with van der Waals surface area (Å²) in [5.41, 5.74) is 2.19. The summed E-state index contributed by atoms with van der Waals surface area (Å²) in [6.07, 6.45) is 1.63. The fourth-order valence-corrected chi connectivity index (χ4v) is 1.51. The highest BCUT2D eigenvalue weighted by molar-refractivity contribution is 6.01. The number of aromatic amines is 1. The second-order valence-electron chi connectivity index (χ2n) is 4.71. The average Bonchev–Trinajstić information content (AvgIpc) is 2.61. The molecule has 0 fully saturated rings. The van der Waals surface area contributed by atoms with E-state index in [1.165, 1.54) is 0 Å². The van der Waals surface area contributed by atoms with Crippen molar-refractivity contribution in [3.8, 4) is 0 Å². The molecule has 0 aliphatic carbocycles. The van der Waals surface area contributed by atoms with E-state index in [1.807, 2.05) is 39.0 Å². The topological polar surface area (TPSA) is 45.8 Å². The lowest BCUT2D eigenvalue weighted by Gasteiger charge is -2.16. The maximum Gasteiger partial charge on any atom is 0.168 e. The van der Waals surface area contributed by atoms with Crippen LogP contribution in [0.25, 0.3) is 11.0 Å². The lowest BCUT2D eigenvalue weighted by molar-refractivity contribution is 0.0858. The monoisotopic (exact) mass is 238 g/mol. The number of hydrogen-bond donors (Lipinski definition) is 1. The summed E-state index contributed by atoms with van der Waals surface area (Å²) in [6, 6.07) is 5.55. The SMILES string of the molecule is CC(C)(C)C(=O)c1ccc2nc[nH]c2c1.Cl. The quantitative estimate of drug-likeness (QED) is 0.776.